The lowest BCUT2D eigenvalue weighted by Crippen LogP contribution is -2.16. The fourth-order valence-electron chi connectivity index (χ4n) is 3.24. The molecule has 2 aromatic carbocycles. The zero-order valence-corrected chi connectivity index (χ0v) is 16.3. The molecule has 2 aromatic heterocycles. The molecule has 0 saturated heterocycles. The molecule has 6 heteroatoms. The summed E-state index contributed by atoms with van der Waals surface area (Å²) < 4.78 is 0. The number of para-hydroxylation sites is 1. The van der Waals surface area contributed by atoms with Gasteiger partial charge in [0, 0.05) is 35.5 Å². The smallest absolute Gasteiger partial charge is 0.274 e. The lowest BCUT2D eigenvalue weighted by atomic mass is 10.1. The largest absolute Gasteiger partial charge is 0.361 e. The molecule has 0 atom stereocenters. The van der Waals surface area contributed by atoms with E-state index < -0.39 is 0 Å². The van der Waals surface area contributed by atoms with Crippen LogP contribution in [-0.4, -0.2) is 27.4 Å². The standard InChI is InChI=1S/C23H23N5O/c1-2-16-7-9-18(10-8-16)27-22(29)21-12-14-25-23(28-21)24-13-11-17-15-26-20-6-4-3-5-19(17)20/h3-10,12,14-15,26H,2,11,13H2,1H3,(H,27,29)(H,24,25,28). The quantitative estimate of drug-likeness (QED) is 0.440. The Morgan fingerprint density at radius 2 is 1.90 bits per heavy atom. The summed E-state index contributed by atoms with van der Waals surface area (Å²) in [5.74, 6) is 0.190. The number of H-pyrrole nitrogens is 1. The molecular formula is C23H23N5O. The highest BCUT2D eigenvalue weighted by Gasteiger charge is 2.10. The van der Waals surface area contributed by atoms with Gasteiger partial charge in [0.1, 0.15) is 5.69 Å². The van der Waals surface area contributed by atoms with Crippen LogP contribution in [0.3, 0.4) is 0 Å². The molecule has 29 heavy (non-hydrogen) atoms. The van der Waals surface area contributed by atoms with Crippen molar-refractivity contribution in [3.05, 3.63) is 83.8 Å². The summed E-state index contributed by atoms with van der Waals surface area (Å²) >= 11 is 0. The Morgan fingerprint density at radius 1 is 1.07 bits per heavy atom. The van der Waals surface area contributed by atoms with Crippen molar-refractivity contribution in [2.75, 3.05) is 17.2 Å². The van der Waals surface area contributed by atoms with Gasteiger partial charge >= 0.3 is 0 Å². The van der Waals surface area contributed by atoms with Gasteiger partial charge in [-0.2, -0.15) is 0 Å². The number of aryl methyl sites for hydroxylation is 1. The highest BCUT2D eigenvalue weighted by Crippen LogP contribution is 2.18. The molecule has 4 aromatic rings. The predicted octanol–water partition coefficient (Wildman–Crippen LogP) is 4.43. The number of rotatable bonds is 7. The number of hydrogen-bond donors (Lipinski definition) is 3. The fraction of sp³-hybridized carbons (Fsp3) is 0.174. The van der Waals surface area contributed by atoms with E-state index in [-0.39, 0.29) is 5.91 Å². The highest BCUT2D eigenvalue weighted by molar-refractivity contribution is 6.02. The zero-order chi connectivity index (χ0) is 20.1. The minimum atomic E-state index is -0.253. The van der Waals surface area contributed by atoms with Crippen LogP contribution >= 0.6 is 0 Å². The summed E-state index contributed by atoms with van der Waals surface area (Å²) in [4.78, 5) is 24.3. The molecule has 2 heterocycles. The molecule has 0 aliphatic carbocycles. The van der Waals surface area contributed by atoms with Gasteiger partial charge in [0.25, 0.3) is 5.91 Å². The molecule has 0 spiro atoms. The Labute approximate surface area is 169 Å². The number of hydrogen-bond acceptors (Lipinski definition) is 4. The number of anilines is 2. The average molecular weight is 385 g/mol. The first-order valence-electron chi connectivity index (χ1n) is 9.75. The Hall–Kier alpha value is -3.67. The number of nitrogens with zero attached hydrogens (tertiary/aromatic N) is 2. The van der Waals surface area contributed by atoms with Gasteiger partial charge in [-0.25, -0.2) is 9.97 Å². The molecule has 0 unspecified atom stereocenters. The van der Waals surface area contributed by atoms with Crippen LogP contribution in [0.2, 0.25) is 0 Å². The van der Waals surface area contributed by atoms with Crippen molar-refractivity contribution < 1.29 is 4.79 Å². The molecule has 0 aliphatic rings. The number of aromatic nitrogens is 3. The van der Waals surface area contributed by atoms with Crippen molar-refractivity contribution >= 4 is 28.4 Å². The fourth-order valence-corrected chi connectivity index (χ4v) is 3.24. The van der Waals surface area contributed by atoms with Crippen molar-refractivity contribution in [3.8, 4) is 0 Å². The summed E-state index contributed by atoms with van der Waals surface area (Å²) in [5.41, 5.74) is 4.67. The summed E-state index contributed by atoms with van der Waals surface area (Å²) in [7, 11) is 0. The van der Waals surface area contributed by atoms with E-state index in [1.807, 2.05) is 42.6 Å². The maximum Gasteiger partial charge on any atom is 0.274 e. The van der Waals surface area contributed by atoms with Crippen molar-refractivity contribution in [2.45, 2.75) is 19.8 Å². The van der Waals surface area contributed by atoms with Gasteiger partial charge in [0.05, 0.1) is 0 Å². The molecular weight excluding hydrogens is 362 g/mol. The van der Waals surface area contributed by atoms with Crippen LogP contribution in [0, 0.1) is 0 Å². The lowest BCUT2D eigenvalue weighted by molar-refractivity contribution is 0.102. The summed E-state index contributed by atoms with van der Waals surface area (Å²) in [6, 6.07) is 17.7. The van der Waals surface area contributed by atoms with E-state index in [2.05, 4.69) is 44.6 Å². The third-order valence-corrected chi connectivity index (χ3v) is 4.86. The van der Waals surface area contributed by atoms with E-state index >= 15 is 0 Å². The Balaban J connectivity index is 1.37. The number of benzene rings is 2. The topological polar surface area (TPSA) is 82.7 Å². The summed E-state index contributed by atoms with van der Waals surface area (Å²) in [6.07, 6.45) is 5.41. The number of amides is 1. The molecule has 146 valence electrons. The van der Waals surface area contributed by atoms with E-state index in [1.165, 1.54) is 16.5 Å². The van der Waals surface area contributed by atoms with Crippen LogP contribution in [0.25, 0.3) is 10.9 Å². The van der Waals surface area contributed by atoms with Gasteiger partial charge in [0.2, 0.25) is 5.95 Å². The molecule has 0 radical (unpaired) electrons. The second-order valence-corrected chi connectivity index (χ2v) is 6.81. The third-order valence-electron chi connectivity index (χ3n) is 4.86. The van der Waals surface area contributed by atoms with E-state index in [1.54, 1.807) is 12.3 Å². The summed E-state index contributed by atoms with van der Waals surface area (Å²) in [6.45, 7) is 2.77. The van der Waals surface area contributed by atoms with E-state index in [0.29, 0.717) is 18.2 Å². The van der Waals surface area contributed by atoms with Crippen molar-refractivity contribution in [1.29, 1.82) is 0 Å². The van der Waals surface area contributed by atoms with Crippen LogP contribution in [-0.2, 0) is 12.8 Å². The normalized spacial score (nSPS) is 10.8. The number of nitrogens with one attached hydrogen (secondary N) is 3. The lowest BCUT2D eigenvalue weighted by Gasteiger charge is -2.08. The van der Waals surface area contributed by atoms with E-state index in [9.17, 15) is 4.79 Å². The molecule has 3 N–H and O–H groups in total. The Kier molecular flexibility index (Phi) is 5.52. The van der Waals surface area contributed by atoms with Crippen LogP contribution < -0.4 is 10.6 Å². The van der Waals surface area contributed by atoms with E-state index in [4.69, 9.17) is 0 Å². The van der Waals surface area contributed by atoms with Crippen LogP contribution in [0.4, 0.5) is 11.6 Å². The highest BCUT2D eigenvalue weighted by atomic mass is 16.1. The van der Waals surface area contributed by atoms with Crippen molar-refractivity contribution in [3.63, 3.8) is 0 Å². The first-order valence-corrected chi connectivity index (χ1v) is 9.75. The van der Waals surface area contributed by atoms with Gasteiger partial charge < -0.3 is 15.6 Å². The summed E-state index contributed by atoms with van der Waals surface area (Å²) in [5, 5.41) is 7.30. The minimum absolute atomic E-state index is 0.253. The van der Waals surface area contributed by atoms with Crippen LogP contribution in [0.15, 0.2) is 67.0 Å². The SMILES string of the molecule is CCc1ccc(NC(=O)c2ccnc(NCCc3c[nH]c4ccccc34)n2)cc1. The number of carbonyl (C=O) groups excluding carboxylic acids is 1. The van der Waals surface area contributed by atoms with Gasteiger partial charge in [0.15, 0.2) is 0 Å². The first kappa shape index (κ1) is 18.7. The minimum Gasteiger partial charge on any atom is -0.361 e. The number of aromatic amines is 1. The zero-order valence-electron chi connectivity index (χ0n) is 16.3. The van der Waals surface area contributed by atoms with Gasteiger partial charge in [-0.05, 0) is 48.2 Å². The first-order chi connectivity index (χ1) is 14.2. The third kappa shape index (κ3) is 4.43. The monoisotopic (exact) mass is 385 g/mol. The maximum absolute atomic E-state index is 12.5. The second kappa shape index (κ2) is 8.56. The Bertz CT molecular complexity index is 1120. The number of fused-ring (bicyclic) bond motifs is 1. The van der Waals surface area contributed by atoms with Gasteiger partial charge in [-0.1, -0.05) is 37.3 Å². The molecule has 0 fully saturated rings. The van der Waals surface area contributed by atoms with E-state index in [0.717, 1.165) is 24.0 Å². The number of carbonyl (C=O) groups is 1. The molecule has 6 nitrogen and oxygen atoms in total. The Morgan fingerprint density at radius 3 is 2.72 bits per heavy atom. The maximum atomic E-state index is 12.5. The predicted molar refractivity (Wildman–Crippen MR) is 116 cm³/mol. The molecule has 0 aliphatic heterocycles. The molecule has 0 bridgehead atoms. The molecule has 4 rings (SSSR count). The van der Waals surface area contributed by atoms with Crippen molar-refractivity contribution in [1.82, 2.24) is 15.0 Å². The van der Waals surface area contributed by atoms with Crippen LogP contribution in [0.1, 0.15) is 28.5 Å². The average Bonchev–Trinajstić information content (AvgIpc) is 3.18. The molecule has 0 saturated carbocycles. The van der Waals surface area contributed by atoms with Crippen molar-refractivity contribution in [2.24, 2.45) is 0 Å². The van der Waals surface area contributed by atoms with Gasteiger partial charge in [-0.15, -0.1) is 0 Å². The molecule has 1 amide bonds. The second-order valence-electron chi connectivity index (χ2n) is 6.81. The van der Waals surface area contributed by atoms with Gasteiger partial charge in [-0.3, -0.25) is 4.79 Å². The van der Waals surface area contributed by atoms with Crippen LogP contribution in [0.5, 0.6) is 0 Å².